The summed E-state index contributed by atoms with van der Waals surface area (Å²) in [5.74, 6) is 1.88. The molecule has 5 rings (SSSR count). The first-order valence-electron chi connectivity index (χ1n) is 13.4. The Hall–Kier alpha value is -2.95. The van der Waals surface area contributed by atoms with Gasteiger partial charge in [0.25, 0.3) is 0 Å². The molecule has 3 aliphatic heterocycles. The fraction of sp³-hybridized carbons (Fsp3) is 0.571. The third kappa shape index (κ3) is 5.30. The maximum absolute atomic E-state index is 13.5. The van der Waals surface area contributed by atoms with Crippen molar-refractivity contribution in [3.8, 4) is 22.8 Å². The fourth-order valence-corrected chi connectivity index (χ4v) is 5.56. The zero-order valence-electron chi connectivity index (χ0n) is 22.3. The number of piperidine rings is 1. The number of amidine groups is 1. The minimum atomic E-state index is -1.30. The van der Waals surface area contributed by atoms with Crippen LogP contribution in [0.1, 0.15) is 45.6 Å². The van der Waals surface area contributed by atoms with Crippen molar-refractivity contribution in [2.45, 2.75) is 58.5 Å². The second-order valence-corrected chi connectivity index (χ2v) is 10.8. The normalized spacial score (nSPS) is 20.3. The molecule has 3 aliphatic rings. The first kappa shape index (κ1) is 26.6. The summed E-state index contributed by atoms with van der Waals surface area (Å²) < 4.78 is 25.4. The van der Waals surface area contributed by atoms with Crippen LogP contribution in [0.25, 0.3) is 11.3 Å². The van der Waals surface area contributed by atoms with Crippen LogP contribution < -0.4 is 9.47 Å². The molecule has 206 valence electrons. The third-order valence-corrected chi connectivity index (χ3v) is 7.86. The Morgan fingerprint density at radius 3 is 2.29 bits per heavy atom. The Balaban J connectivity index is 1.24. The van der Waals surface area contributed by atoms with Gasteiger partial charge >= 0.3 is 0 Å². The predicted molar refractivity (Wildman–Crippen MR) is 140 cm³/mol. The molecule has 0 bridgehead atoms. The van der Waals surface area contributed by atoms with E-state index in [4.69, 9.17) is 14.3 Å². The smallest absolute Gasteiger partial charge is 0.170 e. The minimum absolute atomic E-state index is 0.309. The highest BCUT2D eigenvalue weighted by Gasteiger charge is 2.51. The van der Waals surface area contributed by atoms with E-state index in [1.807, 2.05) is 32.9 Å². The molecule has 9 nitrogen and oxygen atoms in total. The van der Waals surface area contributed by atoms with E-state index in [1.54, 1.807) is 6.07 Å². The fourth-order valence-electron chi connectivity index (χ4n) is 5.56. The van der Waals surface area contributed by atoms with Crippen molar-refractivity contribution in [2.24, 2.45) is 10.6 Å². The number of rotatable bonds is 8. The first-order chi connectivity index (χ1) is 18.2. The van der Waals surface area contributed by atoms with E-state index in [2.05, 4.69) is 19.9 Å². The van der Waals surface area contributed by atoms with Crippen LogP contribution in [-0.4, -0.2) is 82.1 Å². The SMILES string of the molecule is CCOc1cc(CN2CC3(CC(N4CCC(C)(C(O)O)CC4)=NO3)C2)cc(OCC)c1-c1ccc(F)cn1. The molecule has 1 spiro atoms. The Kier molecular flexibility index (Phi) is 7.48. The number of aliphatic hydroxyl groups excluding tert-OH is 1. The second kappa shape index (κ2) is 10.7. The van der Waals surface area contributed by atoms with Crippen LogP contribution in [0.5, 0.6) is 11.5 Å². The summed E-state index contributed by atoms with van der Waals surface area (Å²) in [5.41, 5.74) is 1.60. The number of hydrogen-bond acceptors (Lipinski definition) is 9. The molecule has 2 N–H and O–H groups in total. The largest absolute Gasteiger partial charge is 0.493 e. The summed E-state index contributed by atoms with van der Waals surface area (Å²) >= 11 is 0. The zero-order chi connectivity index (χ0) is 26.9. The number of nitrogens with zero attached hydrogens (tertiary/aromatic N) is 4. The third-order valence-electron chi connectivity index (χ3n) is 7.86. The van der Waals surface area contributed by atoms with Crippen LogP contribution >= 0.6 is 0 Å². The monoisotopic (exact) mass is 528 g/mol. The van der Waals surface area contributed by atoms with Crippen LogP contribution in [0, 0.1) is 11.2 Å². The van der Waals surface area contributed by atoms with Gasteiger partial charge in [-0.2, -0.15) is 0 Å². The van der Waals surface area contributed by atoms with Gasteiger partial charge in [-0.15, -0.1) is 0 Å². The molecule has 0 aliphatic carbocycles. The van der Waals surface area contributed by atoms with E-state index in [0.717, 1.165) is 49.6 Å². The topological polar surface area (TPSA) is 99.9 Å². The molecule has 0 amide bonds. The van der Waals surface area contributed by atoms with Crippen LogP contribution in [0.2, 0.25) is 0 Å². The second-order valence-electron chi connectivity index (χ2n) is 10.8. The number of ether oxygens (including phenoxy) is 2. The average molecular weight is 529 g/mol. The Morgan fingerprint density at radius 1 is 1.08 bits per heavy atom. The lowest BCUT2D eigenvalue weighted by Gasteiger charge is -2.46. The van der Waals surface area contributed by atoms with Gasteiger partial charge in [-0.25, -0.2) is 4.39 Å². The maximum atomic E-state index is 13.5. The summed E-state index contributed by atoms with van der Waals surface area (Å²) in [6, 6.07) is 7.04. The van der Waals surface area contributed by atoms with E-state index >= 15 is 0 Å². The van der Waals surface area contributed by atoms with Crippen molar-refractivity contribution in [1.29, 1.82) is 0 Å². The number of likely N-dealkylation sites (tertiary alicyclic amines) is 2. The molecule has 0 atom stereocenters. The number of benzene rings is 1. The number of aromatic nitrogens is 1. The summed E-state index contributed by atoms with van der Waals surface area (Å²) in [5, 5.41) is 23.8. The number of hydrogen-bond donors (Lipinski definition) is 2. The molecule has 1 aromatic heterocycles. The average Bonchev–Trinajstić information content (AvgIpc) is 3.31. The molecule has 38 heavy (non-hydrogen) atoms. The van der Waals surface area contributed by atoms with Crippen LogP contribution in [0.15, 0.2) is 35.6 Å². The molecule has 2 aromatic rings. The molecular weight excluding hydrogens is 491 g/mol. The molecule has 1 aromatic carbocycles. The molecular formula is C28H37FN4O5. The van der Waals surface area contributed by atoms with Gasteiger partial charge in [0.2, 0.25) is 0 Å². The highest BCUT2D eigenvalue weighted by molar-refractivity contribution is 5.84. The lowest BCUT2D eigenvalue weighted by Crippen LogP contribution is -2.61. The number of aliphatic hydroxyl groups is 2. The van der Waals surface area contributed by atoms with Gasteiger partial charge in [0, 0.05) is 38.1 Å². The summed E-state index contributed by atoms with van der Waals surface area (Å²) in [7, 11) is 0. The van der Waals surface area contributed by atoms with Gasteiger partial charge in [0.05, 0.1) is 37.1 Å². The van der Waals surface area contributed by atoms with Gasteiger partial charge in [-0.1, -0.05) is 12.1 Å². The molecule has 4 heterocycles. The first-order valence-corrected chi connectivity index (χ1v) is 13.4. The Labute approximate surface area is 222 Å². The van der Waals surface area contributed by atoms with Crippen LogP contribution in [-0.2, 0) is 11.4 Å². The Morgan fingerprint density at radius 2 is 1.74 bits per heavy atom. The molecule has 2 saturated heterocycles. The molecule has 0 radical (unpaired) electrons. The number of oxime groups is 1. The van der Waals surface area contributed by atoms with Crippen molar-refractivity contribution in [2.75, 3.05) is 39.4 Å². The molecule has 2 fully saturated rings. The Bertz CT molecular complexity index is 1130. The van der Waals surface area contributed by atoms with Crippen molar-refractivity contribution >= 4 is 5.84 Å². The minimum Gasteiger partial charge on any atom is -0.493 e. The van der Waals surface area contributed by atoms with Gasteiger partial charge in [-0.3, -0.25) is 9.88 Å². The van der Waals surface area contributed by atoms with Gasteiger partial charge in [0.1, 0.15) is 23.2 Å². The van der Waals surface area contributed by atoms with Gasteiger partial charge in [0.15, 0.2) is 11.9 Å². The van der Waals surface area contributed by atoms with E-state index in [1.165, 1.54) is 12.3 Å². The number of pyridine rings is 1. The molecule has 10 heteroatoms. The quantitative estimate of drug-likeness (QED) is 0.503. The lowest BCUT2D eigenvalue weighted by molar-refractivity contribution is -0.143. The van der Waals surface area contributed by atoms with Crippen molar-refractivity contribution in [1.82, 2.24) is 14.8 Å². The van der Waals surface area contributed by atoms with E-state index in [9.17, 15) is 14.6 Å². The highest BCUT2D eigenvalue weighted by atomic mass is 19.1. The highest BCUT2D eigenvalue weighted by Crippen LogP contribution is 2.42. The van der Waals surface area contributed by atoms with Crippen LogP contribution in [0.4, 0.5) is 4.39 Å². The van der Waals surface area contributed by atoms with Gasteiger partial charge < -0.3 is 29.4 Å². The molecule has 0 unspecified atom stereocenters. The summed E-state index contributed by atoms with van der Waals surface area (Å²) in [4.78, 5) is 14.7. The van der Waals surface area contributed by atoms with Crippen LogP contribution in [0.3, 0.4) is 0 Å². The van der Waals surface area contributed by atoms with Crippen molar-refractivity contribution in [3.05, 3.63) is 41.8 Å². The summed E-state index contributed by atoms with van der Waals surface area (Å²) in [6.45, 7) is 10.4. The number of halogens is 1. The zero-order valence-corrected chi connectivity index (χ0v) is 22.3. The summed E-state index contributed by atoms with van der Waals surface area (Å²) in [6.07, 6.45) is 2.06. The maximum Gasteiger partial charge on any atom is 0.170 e. The van der Waals surface area contributed by atoms with E-state index in [0.29, 0.717) is 49.8 Å². The van der Waals surface area contributed by atoms with E-state index in [-0.39, 0.29) is 5.60 Å². The lowest BCUT2D eigenvalue weighted by atomic mass is 9.79. The molecule has 0 saturated carbocycles. The predicted octanol–water partition coefficient (Wildman–Crippen LogP) is 3.39. The standard InChI is InChI=1S/C28H37FN4O5/c1-4-36-22-12-19(13-23(37-5-2)25(22)21-7-6-20(29)15-30-21)16-32-17-28(18-32)14-24(31-38-28)33-10-8-27(3,9-11-33)26(34)35/h6-7,12-13,15,26,34-35H,4-5,8-11,14,16-18H2,1-3H3. The van der Waals surface area contributed by atoms with Gasteiger partial charge in [-0.05, 0) is 56.5 Å². The van der Waals surface area contributed by atoms with Crippen molar-refractivity contribution in [3.63, 3.8) is 0 Å². The van der Waals surface area contributed by atoms with E-state index < -0.39 is 17.5 Å². The van der Waals surface area contributed by atoms with Crippen molar-refractivity contribution < 1.29 is 28.9 Å².